The first-order valence-electron chi connectivity index (χ1n) is 7.89. The zero-order chi connectivity index (χ0) is 18.6. The number of hydrogen-bond donors (Lipinski definition) is 0. The zero-order valence-corrected chi connectivity index (χ0v) is 15.1. The smallest absolute Gasteiger partial charge is 0.375 e. The van der Waals surface area contributed by atoms with E-state index in [9.17, 15) is 18.4 Å². The number of benzene rings is 1. The van der Waals surface area contributed by atoms with Crippen LogP contribution in [-0.4, -0.2) is 54.9 Å². The first-order valence-corrected chi connectivity index (χ1v) is 8.71. The Morgan fingerprint density at radius 3 is 2.52 bits per heavy atom. The van der Waals surface area contributed by atoms with E-state index in [4.69, 9.17) is 4.74 Å². The van der Waals surface area contributed by atoms with E-state index in [0.29, 0.717) is 0 Å². The second kappa shape index (κ2) is 8.14. The van der Waals surface area contributed by atoms with Crippen molar-refractivity contribution in [3.63, 3.8) is 0 Å². The summed E-state index contributed by atoms with van der Waals surface area (Å²) >= 11 is 0.172. The Hall–Kier alpha value is -1.67. The summed E-state index contributed by atoms with van der Waals surface area (Å²) < 4.78 is 38.6. The van der Waals surface area contributed by atoms with E-state index in [0.717, 1.165) is 17.6 Å². The number of methoxy groups -OCH3 is 1. The highest BCUT2D eigenvalue weighted by Crippen LogP contribution is 2.38. The monoisotopic (exact) mass is 373 g/mol. The molecule has 0 saturated carbocycles. The number of hydrogen-bond acceptors (Lipinski definition) is 5. The molecule has 1 aliphatic rings. The summed E-state index contributed by atoms with van der Waals surface area (Å²) in [5, 5.41) is -3.69. The van der Waals surface area contributed by atoms with Gasteiger partial charge in [-0.3, -0.25) is 4.79 Å². The molecule has 0 aromatic heterocycles. The molecule has 1 atom stereocenters. The summed E-state index contributed by atoms with van der Waals surface area (Å²) in [6, 6.07) is 5.51. The van der Waals surface area contributed by atoms with Crippen LogP contribution >= 0.6 is 11.8 Å². The van der Waals surface area contributed by atoms with E-state index >= 15 is 0 Å². The molecule has 25 heavy (non-hydrogen) atoms. The number of halogens is 2. The van der Waals surface area contributed by atoms with Crippen molar-refractivity contribution < 1.29 is 27.8 Å². The molecule has 1 aromatic carbocycles. The highest BCUT2D eigenvalue weighted by Gasteiger charge is 2.47. The van der Waals surface area contributed by atoms with Crippen LogP contribution in [0.2, 0.25) is 0 Å². The van der Waals surface area contributed by atoms with Crippen LogP contribution in [0.3, 0.4) is 0 Å². The Morgan fingerprint density at radius 1 is 1.32 bits per heavy atom. The van der Waals surface area contributed by atoms with Gasteiger partial charge in [-0.15, -0.1) is 0 Å². The van der Waals surface area contributed by atoms with Crippen LogP contribution in [0.5, 0.6) is 0 Å². The fourth-order valence-electron chi connectivity index (χ4n) is 2.46. The van der Waals surface area contributed by atoms with Gasteiger partial charge in [0.1, 0.15) is 0 Å². The maximum absolute atomic E-state index is 14.5. The molecule has 0 N–H and O–H groups in total. The predicted molar refractivity (Wildman–Crippen MR) is 89.7 cm³/mol. The highest BCUT2D eigenvalue weighted by molar-refractivity contribution is 8.01. The van der Waals surface area contributed by atoms with Gasteiger partial charge >= 0.3 is 17.1 Å². The number of thioether (sulfide) groups is 1. The van der Waals surface area contributed by atoms with E-state index in [2.05, 4.69) is 4.74 Å². The number of alkyl halides is 2. The Morgan fingerprint density at radius 2 is 1.96 bits per heavy atom. The van der Waals surface area contributed by atoms with Gasteiger partial charge in [0.15, 0.2) is 6.04 Å². The molecule has 2 rings (SSSR count). The second-order valence-corrected chi connectivity index (χ2v) is 7.14. The molecular weight excluding hydrogens is 352 g/mol. The molecule has 1 saturated heterocycles. The Labute approximate surface area is 149 Å². The summed E-state index contributed by atoms with van der Waals surface area (Å²) in [5.41, 5.74) is 1.03. The van der Waals surface area contributed by atoms with E-state index in [1.54, 1.807) is 24.3 Å². The van der Waals surface area contributed by atoms with Crippen molar-refractivity contribution in [1.29, 1.82) is 0 Å². The van der Waals surface area contributed by atoms with Crippen molar-refractivity contribution in [2.24, 2.45) is 0 Å². The van der Waals surface area contributed by atoms with Gasteiger partial charge in [0, 0.05) is 11.4 Å². The number of ether oxygens (including phenoxy) is 2. The van der Waals surface area contributed by atoms with Gasteiger partial charge in [0.05, 0.1) is 20.3 Å². The summed E-state index contributed by atoms with van der Waals surface area (Å²) in [6.07, 6.45) is 0. The average molecular weight is 373 g/mol. The van der Waals surface area contributed by atoms with E-state index < -0.39 is 23.2 Å². The molecule has 1 unspecified atom stereocenters. The van der Waals surface area contributed by atoms with E-state index in [1.165, 1.54) is 0 Å². The van der Waals surface area contributed by atoms with Gasteiger partial charge < -0.3 is 14.4 Å². The lowest BCUT2D eigenvalue weighted by molar-refractivity contribution is -0.167. The van der Waals surface area contributed by atoms with Crippen molar-refractivity contribution in [2.45, 2.75) is 36.0 Å². The van der Waals surface area contributed by atoms with Gasteiger partial charge in [0.2, 0.25) is 0 Å². The number of morpholine rings is 1. The SMILES string of the molecule is COC(=O)C1COCCN1C(=O)C(F)(F)Sc1ccc(C(C)C)cc1. The van der Waals surface area contributed by atoms with Crippen molar-refractivity contribution in [3.8, 4) is 0 Å². The molecular formula is C17H21F2NO4S. The van der Waals surface area contributed by atoms with Gasteiger partial charge in [-0.1, -0.05) is 26.0 Å². The predicted octanol–water partition coefficient (Wildman–Crippen LogP) is 2.90. The normalized spacial score (nSPS) is 18.3. The van der Waals surface area contributed by atoms with Crippen LogP contribution < -0.4 is 0 Å². The minimum absolute atomic E-state index is 0.0823. The third-order valence-corrected chi connectivity index (χ3v) is 4.84. The highest BCUT2D eigenvalue weighted by atomic mass is 32.2. The molecule has 1 aliphatic heterocycles. The average Bonchev–Trinajstić information content (AvgIpc) is 2.60. The lowest BCUT2D eigenvalue weighted by atomic mass is 10.0. The number of rotatable bonds is 5. The minimum atomic E-state index is -3.69. The molecule has 0 radical (unpaired) electrons. The number of esters is 1. The molecule has 1 aromatic rings. The summed E-state index contributed by atoms with van der Waals surface area (Å²) in [5.74, 6) is -1.89. The maximum atomic E-state index is 14.5. The summed E-state index contributed by atoms with van der Waals surface area (Å²) in [6.45, 7) is 3.88. The van der Waals surface area contributed by atoms with Crippen molar-refractivity contribution in [3.05, 3.63) is 29.8 Å². The first kappa shape index (κ1) is 19.7. The molecule has 0 bridgehead atoms. The van der Waals surface area contributed by atoms with Gasteiger partial charge in [-0.2, -0.15) is 8.78 Å². The second-order valence-electron chi connectivity index (χ2n) is 5.95. The van der Waals surface area contributed by atoms with Crippen molar-refractivity contribution >= 4 is 23.6 Å². The largest absolute Gasteiger partial charge is 0.467 e. The summed E-state index contributed by atoms with van der Waals surface area (Å²) in [7, 11) is 1.14. The molecule has 0 spiro atoms. The minimum Gasteiger partial charge on any atom is -0.467 e. The topological polar surface area (TPSA) is 55.8 Å². The van der Waals surface area contributed by atoms with Gasteiger partial charge in [-0.05, 0) is 35.4 Å². The Kier molecular flexibility index (Phi) is 6.40. The van der Waals surface area contributed by atoms with Crippen LogP contribution in [0.25, 0.3) is 0 Å². The molecule has 8 heteroatoms. The summed E-state index contributed by atoms with van der Waals surface area (Å²) in [4.78, 5) is 25.2. The van der Waals surface area contributed by atoms with Crippen LogP contribution in [0.4, 0.5) is 8.78 Å². The third kappa shape index (κ3) is 4.70. The number of amides is 1. The lowest BCUT2D eigenvalue weighted by Crippen LogP contribution is -2.56. The van der Waals surface area contributed by atoms with Crippen LogP contribution in [0, 0.1) is 0 Å². The number of carbonyl (C=O) groups excluding carboxylic acids is 2. The molecule has 5 nitrogen and oxygen atoms in total. The van der Waals surface area contributed by atoms with E-state index in [1.807, 2.05) is 13.8 Å². The Balaban J connectivity index is 2.13. The van der Waals surface area contributed by atoms with Crippen molar-refractivity contribution in [1.82, 2.24) is 4.90 Å². The fraction of sp³-hybridized carbons (Fsp3) is 0.529. The zero-order valence-electron chi connectivity index (χ0n) is 14.3. The number of nitrogens with zero attached hydrogens (tertiary/aromatic N) is 1. The first-order chi connectivity index (χ1) is 11.8. The van der Waals surface area contributed by atoms with Crippen LogP contribution in [0.1, 0.15) is 25.3 Å². The lowest BCUT2D eigenvalue weighted by Gasteiger charge is -2.35. The molecule has 1 heterocycles. The van der Waals surface area contributed by atoms with Crippen molar-refractivity contribution in [2.75, 3.05) is 26.9 Å². The molecule has 1 fully saturated rings. The fourth-order valence-corrected chi connectivity index (χ4v) is 3.23. The third-order valence-electron chi connectivity index (χ3n) is 3.90. The van der Waals surface area contributed by atoms with Gasteiger partial charge in [0.25, 0.3) is 0 Å². The molecule has 0 aliphatic carbocycles. The van der Waals surface area contributed by atoms with Gasteiger partial charge in [-0.25, -0.2) is 4.79 Å². The van der Waals surface area contributed by atoms with Crippen LogP contribution in [-0.2, 0) is 19.1 Å². The van der Waals surface area contributed by atoms with Crippen LogP contribution in [0.15, 0.2) is 29.2 Å². The number of carbonyl (C=O) groups is 2. The van der Waals surface area contributed by atoms with E-state index in [-0.39, 0.29) is 42.3 Å². The molecule has 1 amide bonds. The molecule has 138 valence electrons. The maximum Gasteiger partial charge on any atom is 0.375 e. The quantitative estimate of drug-likeness (QED) is 0.587. The standard InChI is InChI=1S/C17H21F2NO4S/c1-11(2)12-4-6-13(7-5-12)25-17(18,19)16(22)20-8-9-24-10-14(20)15(21)23-3/h4-7,11,14H,8-10H2,1-3H3. The Bertz CT molecular complexity index is 622.